The van der Waals surface area contributed by atoms with Gasteiger partial charge in [0.1, 0.15) is 5.69 Å². The van der Waals surface area contributed by atoms with Crippen LogP contribution in [0.2, 0.25) is 0 Å². The van der Waals surface area contributed by atoms with Crippen LogP contribution in [-0.4, -0.2) is 26.4 Å². The zero-order valence-electron chi connectivity index (χ0n) is 13.5. The maximum absolute atomic E-state index is 12.4. The number of H-pyrrole nitrogens is 1. The summed E-state index contributed by atoms with van der Waals surface area (Å²) in [4.78, 5) is 30.3. The molecule has 1 aliphatic rings. The first-order valence-corrected chi connectivity index (χ1v) is 9.84. The second-order valence-electron chi connectivity index (χ2n) is 5.82. The number of fused-ring (bicyclic) bond motifs is 1. The number of aromatic amines is 1. The van der Waals surface area contributed by atoms with E-state index in [9.17, 15) is 9.59 Å². The number of anilines is 1. The van der Waals surface area contributed by atoms with Crippen LogP contribution >= 0.6 is 23.1 Å². The summed E-state index contributed by atoms with van der Waals surface area (Å²) in [6, 6.07) is 8.81. The highest BCUT2D eigenvalue weighted by Gasteiger charge is 2.18. The Morgan fingerprint density at radius 2 is 2.12 bits per heavy atom. The van der Waals surface area contributed by atoms with Gasteiger partial charge in [0, 0.05) is 16.7 Å². The molecule has 0 radical (unpaired) electrons. The van der Waals surface area contributed by atoms with E-state index < -0.39 is 0 Å². The van der Waals surface area contributed by atoms with Gasteiger partial charge in [0.25, 0.3) is 11.5 Å². The quantitative estimate of drug-likeness (QED) is 0.741. The van der Waals surface area contributed by atoms with Gasteiger partial charge in [-0.25, -0.2) is 9.67 Å². The average molecular weight is 372 g/mol. The topological polar surface area (TPSA) is 79.8 Å². The van der Waals surface area contributed by atoms with Crippen LogP contribution in [0.25, 0.3) is 5.69 Å². The molecule has 1 aromatic carbocycles. The summed E-state index contributed by atoms with van der Waals surface area (Å²) < 4.78 is 1.36. The van der Waals surface area contributed by atoms with Gasteiger partial charge in [-0.15, -0.1) is 11.3 Å². The number of thiazole rings is 1. The normalized spacial score (nSPS) is 13.5. The van der Waals surface area contributed by atoms with Gasteiger partial charge in [0.05, 0.1) is 11.4 Å². The SMILES string of the molecule is Cc1ccc(-n2[nH]c(C(=O)Nc3nc4c(s3)CSCC4)cc2=O)cc1. The Labute approximate surface area is 152 Å². The van der Waals surface area contributed by atoms with Gasteiger partial charge < -0.3 is 0 Å². The molecule has 0 bridgehead atoms. The van der Waals surface area contributed by atoms with Crippen molar-refractivity contribution < 1.29 is 4.79 Å². The molecule has 0 atom stereocenters. The first-order chi connectivity index (χ1) is 12.1. The van der Waals surface area contributed by atoms with Crippen LogP contribution in [-0.2, 0) is 12.2 Å². The van der Waals surface area contributed by atoms with E-state index in [1.807, 2.05) is 43.0 Å². The van der Waals surface area contributed by atoms with E-state index in [1.165, 1.54) is 27.0 Å². The van der Waals surface area contributed by atoms with E-state index >= 15 is 0 Å². The van der Waals surface area contributed by atoms with Gasteiger partial charge in [0.2, 0.25) is 0 Å². The highest BCUT2D eigenvalue weighted by Crippen LogP contribution is 2.31. The van der Waals surface area contributed by atoms with Crippen molar-refractivity contribution in [1.29, 1.82) is 0 Å². The second-order valence-corrected chi connectivity index (χ2v) is 8.01. The number of rotatable bonds is 3. The highest BCUT2D eigenvalue weighted by atomic mass is 32.2. The van der Waals surface area contributed by atoms with E-state index in [2.05, 4.69) is 15.4 Å². The summed E-state index contributed by atoms with van der Waals surface area (Å²) in [6.07, 6.45) is 0.938. The molecule has 25 heavy (non-hydrogen) atoms. The van der Waals surface area contributed by atoms with Gasteiger partial charge in [-0.1, -0.05) is 17.7 Å². The molecule has 8 heteroatoms. The molecule has 0 saturated carbocycles. The molecule has 2 aromatic heterocycles. The molecule has 0 aliphatic carbocycles. The van der Waals surface area contributed by atoms with Crippen LogP contribution in [0.5, 0.6) is 0 Å². The first-order valence-electron chi connectivity index (χ1n) is 7.87. The predicted molar refractivity (Wildman–Crippen MR) is 101 cm³/mol. The fourth-order valence-electron chi connectivity index (χ4n) is 2.64. The number of carbonyl (C=O) groups is 1. The smallest absolute Gasteiger partial charge is 0.275 e. The molecule has 2 N–H and O–H groups in total. The lowest BCUT2D eigenvalue weighted by Gasteiger charge is -2.06. The van der Waals surface area contributed by atoms with Crippen molar-refractivity contribution >= 4 is 34.1 Å². The fraction of sp³-hybridized carbons (Fsp3) is 0.235. The lowest BCUT2D eigenvalue weighted by Crippen LogP contribution is -2.14. The molecule has 0 saturated heterocycles. The molecule has 3 heterocycles. The Kier molecular flexibility index (Phi) is 4.22. The van der Waals surface area contributed by atoms with Crippen LogP contribution in [0.15, 0.2) is 35.1 Å². The van der Waals surface area contributed by atoms with Crippen LogP contribution in [0.1, 0.15) is 26.6 Å². The van der Waals surface area contributed by atoms with E-state index in [4.69, 9.17) is 0 Å². The number of benzene rings is 1. The summed E-state index contributed by atoms with van der Waals surface area (Å²) in [6.45, 7) is 1.98. The maximum Gasteiger partial charge on any atom is 0.275 e. The minimum absolute atomic E-state index is 0.216. The Morgan fingerprint density at radius 1 is 1.32 bits per heavy atom. The number of amides is 1. The number of nitrogens with one attached hydrogen (secondary N) is 2. The Balaban J connectivity index is 1.56. The van der Waals surface area contributed by atoms with Crippen LogP contribution in [0.4, 0.5) is 5.13 Å². The minimum Gasteiger partial charge on any atom is -0.296 e. The zero-order valence-corrected chi connectivity index (χ0v) is 15.2. The number of hydrogen-bond acceptors (Lipinski definition) is 5. The number of hydrogen-bond donors (Lipinski definition) is 2. The number of nitrogens with zero attached hydrogens (tertiary/aromatic N) is 2. The standard InChI is InChI=1S/C17H16N4O2S2/c1-10-2-4-11(5-3-10)21-15(22)8-13(20-21)16(23)19-17-18-12-6-7-24-9-14(12)25-17/h2-5,8,20H,6-7,9H2,1H3,(H,18,19,23). The Morgan fingerprint density at radius 3 is 2.88 bits per heavy atom. The van der Waals surface area contributed by atoms with E-state index in [0.29, 0.717) is 10.8 Å². The summed E-state index contributed by atoms with van der Waals surface area (Å²) in [5.74, 6) is 1.65. The molecular formula is C17H16N4O2S2. The summed E-state index contributed by atoms with van der Waals surface area (Å²) >= 11 is 3.38. The number of aromatic nitrogens is 3. The van der Waals surface area contributed by atoms with Gasteiger partial charge in [-0.05, 0) is 31.2 Å². The van der Waals surface area contributed by atoms with E-state index in [1.54, 1.807) is 0 Å². The van der Waals surface area contributed by atoms with E-state index in [-0.39, 0.29) is 17.2 Å². The minimum atomic E-state index is -0.360. The number of aryl methyl sites for hydroxylation is 2. The largest absolute Gasteiger partial charge is 0.296 e. The van der Waals surface area contributed by atoms with E-state index in [0.717, 1.165) is 29.2 Å². The van der Waals surface area contributed by atoms with Crippen LogP contribution in [0.3, 0.4) is 0 Å². The lowest BCUT2D eigenvalue weighted by atomic mass is 10.2. The van der Waals surface area contributed by atoms with Crippen LogP contribution in [0, 0.1) is 6.92 Å². The summed E-state index contributed by atoms with van der Waals surface area (Å²) in [5, 5.41) is 6.24. The second kappa shape index (κ2) is 6.53. The first kappa shape index (κ1) is 16.2. The van der Waals surface area contributed by atoms with Crippen molar-refractivity contribution in [1.82, 2.24) is 14.8 Å². The van der Waals surface area contributed by atoms with Gasteiger partial charge in [0.15, 0.2) is 5.13 Å². The molecule has 4 rings (SSSR count). The number of thioether (sulfide) groups is 1. The van der Waals surface area contributed by atoms with Crippen molar-refractivity contribution in [2.45, 2.75) is 19.1 Å². The van der Waals surface area contributed by atoms with Crippen molar-refractivity contribution in [2.75, 3.05) is 11.1 Å². The van der Waals surface area contributed by atoms with Crippen LogP contribution < -0.4 is 10.9 Å². The fourth-order valence-corrected chi connectivity index (χ4v) is 4.76. The van der Waals surface area contributed by atoms with Crippen molar-refractivity contribution in [3.8, 4) is 5.69 Å². The molecule has 0 spiro atoms. The maximum atomic E-state index is 12.4. The van der Waals surface area contributed by atoms with Gasteiger partial charge in [-0.3, -0.25) is 20.0 Å². The van der Waals surface area contributed by atoms with Gasteiger partial charge >= 0.3 is 0 Å². The van der Waals surface area contributed by atoms with Crippen molar-refractivity contribution in [3.63, 3.8) is 0 Å². The zero-order chi connectivity index (χ0) is 17.4. The third-order valence-corrected chi connectivity index (χ3v) is 6.15. The predicted octanol–water partition coefficient (Wildman–Crippen LogP) is 2.97. The lowest BCUT2D eigenvalue weighted by molar-refractivity contribution is 0.102. The summed E-state index contributed by atoms with van der Waals surface area (Å²) in [5.41, 5.74) is 2.81. The molecule has 128 valence electrons. The number of carbonyl (C=O) groups excluding carboxylic acids is 1. The van der Waals surface area contributed by atoms with Crippen molar-refractivity contribution in [3.05, 3.63) is 62.5 Å². The molecular weight excluding hydrogens is 356 g/mol. The average Bonchev–Trinajstić information content (AvgIpc) is 3.18. The highest BCUT2D eigenvalue weighted by molar-refractivity contribution is 7.98. The van der Waals surface area contributed by atoms with Crippen molar-refractivity contribution in [2.24, 2.45) is 0 Å². The molecule has 0 fully saturated rings. The molecule has 1 aliphatic heterocycles. The molecule has 0 unspecified atom stereocenters. The third kappa shape index (κ3) is 3.27. The summed E-state index contributed by atoms with van der Waals surface area (Å²) in [7, 11) is 0. The Bertz CT molecular complexity index is 961. The molecule has 6 nitrogen and oxygen atoms in total. The molecule has 3 aromatic rings. The Hall–Kier alpha value is -2.32. The third-order valence-electron chi connectivity index (χ3n) is 3.97. The monoisotopic (exact) mass is 372 g/mol. The van der Waals surface area contributed by atoms with Gasteiger partial charge in [-0.2, -0.15) is 11.8 Å². The molecule has 1 amide bonds.